The van der Waals surface area contributed by atoms with Crippen molar-refractivity contribution in [3.63, 3.8) is 0 Å². The third-order valence-corrected chi connectivity index (χ3v) is 3.72. The van der Waals surface area contributed by atoms with Crippen molar-refractivity contribution in [2.75, 3.05) is 4.43 Å². The predicted molar refractivity (Wildman–Crippen MR) is 76.4 cm³/mol. The Labute approximate surface area is 119 Å². The number of halogens is 3. The molecule has 0 aliphatic heterocycles. The zero-order valence-electron chi connectivity index (χ0n) is 9.64. The zero-order valence-corrected chi connectivity index (χ0v) is 12.5. The highest BCUT2D eigenvalue weighted by Crippen LogP contribution is 2.18. The molecule has 0 saturated carbocycles. The summed E-state index contributed by atoms with van der Waals surface area (Å²) < 4.78 is 13.7. The minimum Gasteiger partial charge on any atom is -0.348 e. The van der Waals surface area contributed by atoms with E-state index in [0.717, 1.165) is 10.5 Å². The minimum absolute atomic E-state index is 0.0872. The van der Waals surface area contributed by atoms with Gasteiger partial charge in [0.2, 0.25) is 0 Å². The van der Waals surface area contributed by atoms with Crippen molar-refractivity contribution in [2.45, 2.75) is 19.9 Å². The Balaban J connectivity index is 2.82. The molecular weight excluding hydrogens is 355 g/mol. The summed E-state index contributed by atoms with van der Waals surface area (Å²) in [6.07, 6.45) is 0. The van der Waals surface area contributed by atoms with E-state index in [4.69, 9.17) is 11.6 Å². The zero-order chi connectivity index (χ0) is 13.0. The first-order valence-electron chi connectivity index (χ1n) is 5.27. The molecule has 0 bridgehead atoms. The van der Waals surface area contributed by atoms with Gasteiger partial charge >= 0.3 is 0 Å². The van der Waals surface area contributed by atoms with E-state index >= 15 is 0 Å². The summed E-state index contributed by atoms with van der Waals surface area (Å²) in [5, 5.41) is 3.03. The minimum atomic E-state index is -0.444. The van der Waals surface area contributed by atoms with Gasteiger partial charge in [0, 0.05) is 10.5 Å². The van der Waals surface area contributed by atoms with Crippen molar-refractivity contribution in [2.24, 2.45) is 5.92 Å². The molecule has 1 atom stereocenters. The highest BCUT2D eigenvalue weighted by molar-refractivity contribution is 14.1. The number of amides is 1. The van der Waals surface area contributed by atoms with Gasteiger partial charge in [-0.3, -0.25) is 4.79 Å². The Morgan fingerprint density at radius 2 is 2.18 bits per heavy atom. The molecule has 0 saturated heterocycles. The standard InChI is InChI=1S/C12H14ClFINO/c1-7(2)11(6-15)16-12(17)9-4-3-8(14)5-10(9)13/h3-5,7,11H,6H2,1-2H3,(H,16,17). The first-order valence-corrected chi connectivity index (χ1v) is 7.18. The van der Waals surface area contributed by atoms with E-state index in [-0.39, 0.29) is 17.0 Å². The molecule has 1 N–H and O–H groups in total. The third kappa shape index (κ3) is 4.10. The lowest BCUT2D eigenvalue weighted by Gasteiger charge is -2.20. The Bertz CT molecular complexity index is 411. The van der Waals surface area contributed by atoms with Crippen LogP contribution in [0.3, 0.4) is 0 Å². The van der Waals surface area contributed by atoms with Crippen LogP contribution in [0.1, 0.15) is 24.2 Å². The Morgan fingerprint density at radius 3 is 2.65 bits per heavy atom. The number of carbonyl (C=O) groups excluding carboxylic acids is 1. The molecule has 0 spiro atoms. The van der Waals surface area contributed by atoms with Crippen LogP contribution < -0.4 is 5.32 Å². The highest BCUT2D eigenvalue weighted by Gasteiger charge is 2.17. The average molecular weight is 370 g/mol. The molecule has 0 fully saturated rings. The monoisotopic (exact) mass is 369 g/mol. The van der Waals surface area contributed by atoms with E-state index in [1.165, 1.54) is 12.1 Å². The van der Waals surface area contributed by atoms with E-state index in [2.05, 4.69) is 27.9 Å². The molecule has 1 amide bonds. The smallest absolute Gasteiger partial charge is 0.253 e. The van der Waals surface area contributed by atoms with Crippen LogP contribution in [0.25, 0.3) is 0 Å². The van der Waals surface area contributed by atoms with Gasteiger partial charge in [0.05, 0.1) is 10.6 Å². The van der Waals surface area contributed by atoms with E-state index in [1.807, 2.05) is 13.8 Å². The second-order valence-electron chi connectivity index (χ2n) is 4.10. The molecule has 1 rings (SSSR count). The summed E-state index contributed by atoms with van der Waals surface area (Å²) in [6.45, 7) is 4.08. The molecule has 0 radical (unpaired) electrons. The van der Waals surface area contributed by atoms with Crippen molar-refractivity contribution in [3.05, 3.63) is 34.6 Å². The van der Waals surface area contributed by atoms with Crippen molar-refractivity contribution in [1.29, 1.82) is 0 Å². The molecule has 2 nitrogen and oxygen atoms in total. The number of hydrogen-bond acceptors (Lipinski definition) is 1. The molecule has 0 aromatic heterocycles. The SMILES string of the molecule is CC(C)C(CI)NC(=O)c1ccc(F)cc1Cl. The maximum Gasteiger partial charge on any atom is 0.253 e. The maximum atomic E-state index is 12.9. The maximum absolute atomic E-state index is 12.9. The molecule has 1 unspecified atom stereocenters. The van der Waals surface area contributed by atoms with Crippen molar-refractivity contribution in [1.82, 2.24) is 5.32 Å². The van der Waals surface area contributed by atoms with Gasteiger partial charge in [-0.05, 0) is 24.1 Å². The predicted octanol–water partition coefficient (Wildman–Crippen LogP) is 3.67. The molecule has 5 heteroatoms. The summed E-state index contributed by atoms with van der Waals surface area (Å²) >= 11 is 8.05. The first kappa shape index (κ1) is 14.7. The van der Waals surface area contributed by atoms with E-state index in [0.29, 0.717) is 11.5 Å². The van der Waals surface area contributed by atoms with Gasteiger partial charge in [0.15, 0.2) is 0 Å². The van der Waals surface area contributed by atoms with Crippen molar-refractivity contribution >= 4 is 40.1 Å². The van der Waals surface area contributed by atoms with Crippen molar-refractivity contribution in [3.8, 4) is 0 Å². The summed E-state index contributed by atoms with van der Waals surface area (Å²) in [6, 6.07) is 3.86. The number of hydrogen-bond donors (Lipinski definition) is 1. The van der Waals surface area contributed by atoms with Crippen LogP contribution in [0.5, 0.6) is 0 Å². The lowest BCUT2D eigenvalue weighted by molar-refractivity contribution is 0.0932. The van der Waals surface area contributed by atoms with E-state index in [9.17, 15) is 9.18 Å². The van der Waals surface area contributed by atoms with Gasteiger partial charge in [0.25, 0.3) is 5.91 Å². The van der Waals surface area contributed by atoms with Crippen LogP contribution in [0.4, 0.5) is 4.39 Å². The normalized spacial score (nSPS) is 12.6. The fraction of sp³-hybridized carbons (Fsp3) is 0.417. The average Bonchev–Trinajstić information content (AvgIpc) is 2.24. The molecular formula is C12H14ClFINO. The lowest BCUT2D eigenvalue weighted by atomic mass is 10.1. The quantitative estimate of drug-likeness (QED) is 0.637. The molecule has 0 aliphatic rings. The fourth-order valence-corrected chi connectivity index (χ4v) is 2.79. The number of carbonyl (C=O) groups is 1. The summed E-state index contributed by atoms with van der Waals surface area (Å²) in [5.74, 6) is -0.360. The van der Waals surface area contributed by atoms with Crippen LogP contribution in [-0.4, -0.2) is 16.4 Å². The number of alkyl halides is 1. The Morgan fingerprint density at radius 1 is 1.53 bits per heavy atom. The van der Waals surface area contributed by atoms with Gasteiger partial charge in [-0.25, -0.2) is 4.39 Å². The van der Waals surface area contributed by atoms with Gasteiger partial charge < -0.3 is 5.32 Å². The van der Waals surface area contributed by atoms with Crippen LogP contribution >= 0.6 is 34.2 Å². The summed E-state index contributed by atoms with van der Waals surface area (Å²) in [5.41, 5.74) is 0.309. The van der Waals surface area contributed by atoms with Crippen LogP contribution in [0, 0.1) is 11.7 Å². The number of rotatable bonds is 4. The van der Waals surface area contributed by atoms with Crippen LogP contribution in [0.2, 0.25) is 5.02 Å². The van der Waals surface area contributed by atoms with Gasteiger partial charge in [-0.2, -0.15) is 0 Å². The summed E-state index contributed by atoms with van der Waals surface area (Å²) in [7, 11) is 0. The van der Waals surface area contributed by atoms with E-state index in [1.54, 1.807) is 0 Å². The van der Waals surface area contributed by atoms with Crippen molar-refractivity contribution < 1.29 is 9.18 Å². The van der Waals surface area contributed by atoms with Gasteiger partial charge in [-0.15, -0.1) is 0 Å². The highest BCUT2D eigenvalue weighted by atomic mass is 127. The van der Waals surface area contributed by atoms with Gasteiger partial charge in [0.1, 0.15) is 5.82 Å². The first-order chi connectivity index (χ1) is 7.95. The topological polar surface area (TPSA) is 29.1 Å². The number of nitrogens with one attached hydrogen (secondary N) is 1. The third-order valence-electron chi connectivity index (χ3n) is 2.46. The molecule has 17 heavy (non-hydrogen) atoms. The fourth-order valence-electron chi connectivity index (χ4n) is 1.30. The lowest BCUT2D eigenvalue weighted by Crippen LogP contribution is -2.39. The summed E-state index contributed by atoms with van der Waals surface area (Å²) in [4.78, 5) is 11.9. The Hall–Kier alpha value is -0.360. The Kier molecular flexibility index (Phi) is 5.66. The number of benzene rings is 1. The largest absolute Gasteiger partial charge is 0.348 e. The van der Waals surface area contributed by atoms with Crippen LogP contribution in [-0.2, 0) is 0 Å². The van der Waals surface area contributed by atoms with Crippen LogP contribution in [0.15, 0.2) is 18.2 Å². The molecule has 1 aromatic rings. The van der Waals surface area contributed by atoms with Gasteiger partial charge in [-0.1, -0.05) is 48.0 Å². The molecule has 0 aliphatic carbocycles. The molecule has 1 aromatic carbocycles. The molecule has 94 valence electrons. The molecule has 0 heterocycles. The second kappa shape index (κ2) is 6.54. The second-order valence-corrected chi connectivity index (χ2v) is 5.39. The van der Waals surface area contributed by atoms with E-state index < -0.39 is 5.82 Å².